The van der Waals surface area contributed by atoms with Gasteiger partial charge < -0.3 is 36.0 Å². The average Bonchev–Trinajstić information content (AvgIpc) is 2.65. The van der Waals surface area contributed by atoms with Gasteiger partial charge in [0.1, 0.15) is 5.41 Å². The molecule has 3 saturated heterocycles. The fourth-order valence-electron chi connectivity index (χ4n) is 10.2. The molecule has 10 heteroatoms. The van der Waals surface area contributed by atoms with Gasteiger partial charge in [0, 0.05) is 33.2 Å². The Labute approximate surface area is 258 Å². The molecule has 10 nitrogen and oxygen atoms in total. The number of carboxylic acid groups (broad SMARTS) is 3. The van der Waals surface area contributed by atoms with Crippen LogP contribution in [0.3, 0.4) is 0 Å². The Morgan fingerprint density at radius 3 is 1.14 bits per heavy atom. The highest BCUT2D eigenvalue weighted by Crippen LogP contribution is 2.60. The first-order valence-corrected chi connectivity index (χ1v) is 15.8. The van der Waals surface area contributed by atoms with Gasteiger partial charge in [-0.3, -0.25) is 9.59 Å². The minimum atomic E-state index is -2.53. The largest absolute Gasteiger partial charge is 0.481 e. The van der Waals surface area contributed by atoms with Crippen LogP contribution >= 0.6 is 0 Å². The number of hydrogen-bond donors (Lipinski definition) is 6. The summed E-state index contributed by atoms with van der Waals surface area (Å²) in [6.07, 6.45) is 0.619. The SMILES string of the molecule is CC1(C)CC(OC(CC(=O)O)(C(=O)O)C(C(=O)O)(C2CC(C)(C)NC(C)(C)C2)C2CC(C)(C)NC(C)(C)C2)CC(C)(C)N1. The summed E-state index contributed by atoms with van der Waals surface area (Å²) < 4.78 is 6.79. The van der Waals surface area contributed by atoms with E-state index in [1.165, 1.54) is 0 Å². The number of rotatable bonds is 9. The van der Waals surface area contributed by atoms with E-state index in [1.807, 2.05) is 83.1 Å². The molecule has 0 aromatic carbocycles. The van der Waals surface area contributed by atoms with Gasteiger partial charge in [-0.2, -0.15) is 0 Å². The van der Waals surface area contributed by atoms with Crippen LogP contribution in [0.4, 0.5) is 0 Å². The van der Waals surface area contributed by atoms with Crippen LogP contribution in [-0.4, -0.2) is 78.2 Å². The third kappa shape index (κ3) is 7.39. The van der Waals surface area contributed by atoms with Gasteiger partial charge in [-0.1, -0.05) is 0 Å². The molecule has 1 atom stereocenters. The molecule has 0 aromatic rings. The number of carbonyl (C=O) groups is 3. The Kier molecular flexibility index (Phi) is 9.10. The van der Waals surface area contributed by atoms with Crippen molar-refractivity contribution in [3.05, 3.63) is 0 Å². The van der Waals surface area contributed by atoms with E-state index in [9.17, 15) is 29.7 Å². The number of nitrogens with one attached hydrogen (secondary N) is 3. The molecule has 248 valence electrons. The third-order valence-electron chi connectivity index (χ3n) is 9.96. The summed E-state index contributed by atoms with van der Waals surface area (Å²) >= 11 is 0. The lowest BCUT2D eigenvalue weighted by atomic mass is 9.47. The Bertz CT molecular complexity index is 1020. The van der Waals surface area contributed by atoms with Gasteiger partial charge in [-0.05, 0) is 133 Å². The second-order valence-electron chi connectivity index (χ2n) is 17.9. The maximum absolute atomic E-state index is 14.3. The predicted octanol–water partition coefficient (Wildman–Crippen LogP) is 4.79. The number of carboxylic acids is 3. The molecule has 0 saturated carbocycles. The summed E-state index contributed by atoms with van der Waals surface area (Å²) in [5, 5.41) is 44.2. The Morgan fingerprint density at radius 2 is 0.884 bits per heavy atom. The van der Waals surface area contributed by atoms with Gasteiger partial charge in [0.05, 0.1) is 12.5 Å². The van der Waals surface area contributed by atoms with E-state index in [-0.39, 0.29) is 0 Å². The van der Waals surface area contributed by atoms with Crippen molar-refractivity contribution in [3.8, 4) is 0 Å². The molecular formula is C33H59N3O7. The summed E-state index contributed by atoms with van der Waals surface area (Å²) in [6, 6.07) is 0. The van der Waals surface area contributed by atoms with Crippen molar-refractivity contribution in [2.24, 2.45) is 17.3 Å². The highest BCUT2D eigenvalue weighted by Gasteiger charge is 2.73. The highest BCUT2D eigenvalue weighted by atomic mass is 16.5. The van der Waals surface area contributed by atoms with Crippen LogP contribution in [-0.2, 0) is 19.1 Å². The standard InChI is InChI=1S/C33H59N3O7/c1-26(2)13-20(14-27(3,4)34-26)33(25(41)42,21-15-28(5,6)35-29(7,8)16-21)32(24(39)40,19-23(37)38)43-22-17-30(9,10)36-31(11,12)18-22/h20-22,34-36H,13-19H2,1-12H3,(H,37,38)(H,39,40)(H,41,42). The van der Waals surface area contributed by atoms with Crippen molar-refractivity contribution in [1.29, 1.82) is 0 Å². The first-order valence-electron chi connectivity index (χ1n) is 15.8. The number of ether oxygens (including phenoxy) is 1. The minimum Gasteiger partial charge on any atom is -0.481 e. The second kappa shape index (κ2) is 11.0. The van der Waals surface area contributed by atoms with E-state index < -0.39 is 86.5 Å². The van der Waals surface area contributed by atoms with Crippen LogP contribution in [0.1, 0.15) is 128 Å². The van der Waals surface area contributed by atoms with Gasteiger partial charge in [-0.25, -0.2) is 4.79 Å². The zero-order valence-corrected chi connectivity index (χ0v) is 28.7. The topological polar surface area (TPSA) is 157 Å². The maximum atomic E-state index is 14.3. The van der Waals surface area contributed by atoms with Crippen molar-refractivity contribution in [3.63, 3.8) is 0 Å². The van der Waals surface area contributed by atoms with Gasteiger partial charge in [0.2, 0.25) is 0 Å². The quantitative estimate of drug-likeness (QED) is 0.215. The van der Waals surface area contributed by atoms with E-state index in [0.717, 1.165) is 0 Å². The van der Waals surface area contributed by atoms with Crippen LogP contribution in [0.25, 0.3) is 0 Å². The highest BCUT2D eigenvalue weighted by molar-refractivity contribution is 5.93. The molecular weight excluding hydrogens is 550 g/mol. The fraction of sp³-hybridized carbons (Fsp3) is 0.909. The van der Waals surface area contributed by atoms with Crippen LogP contribution in [0.5, 0.6) is 0 Å². The molecule has 1 unspecified atom stereocenters. The summed E-state index contributed by atoms with van der Waals surface area (Å²) in [4.78, 5) is 41.0. The molecule has 0 amide bonds. The molecule has 3 rings (SSSR count). The van der Waals surface area contributed by atoms with E-state index in [0.29, 0.717) is 38.5 Å². The lowest BCUT2D eigenvalue weighted by Gasteiger charge is -2.61. The molecule has 0 aliphatic carbocycles. The Balaban J connectivity index is 2.43. The van der Waals surface area contributed by atoms with Gasteiger partial charge >= 0.3 is 17.9 Å². The summed E-state index contributed by atoms with van der Waals surface area (Å²) in [5.41, 5.74) is -7.58. The van der Waals surface area contributed by atoms with Crippen LogP contribution in [0.15, 0.2) is 0 Å². The fourth-order valence-corrected chi connectivity index (χ4v) is 10.2. The van der Waals surface area contributed by atoms with E-state index in [4.69, 9.17) is 4.74 Å². The summed E-state index contributed by atoms with van der Waals surface area (Å²) in [5.74, 6) is -5.58. The van der Waals surface area contributed by atoms with Crippen molar-refractivity contribution < 1.29 is 34.4 Å². The number of piperidine rings is 3. The van der Waals surface area contributed by atoms with Crippen molar-refractivity contribution in [1.82, 2.24) is 16.0 Å². The molecule has 0 spiro atoms. The summed E-state index contributed by atoms with van der Waals surface area (Å²) in [7, 11) is 0. The van der Waals surface area contributed by atoms with Gasteiger partial charge in [0.25, 0.3) is 0 Å². The van der Waals surface area contributed by atoms with E-state index in [2.05, 4.69) is 16.0 Å². The van der Waals surface area contributed by atoms with Crippen molar-refractivity contribution in [2.75, 3.05) is 0 Å². The smallest absolute Gasteiger partial charge is 0.337 e. The average molecular weight is 610 g/mol. The monoisotopic (exact) mass is 609 g/mol. The predicted molar refractivity (Wildman–Crippen MR) is 166 cm³/mol. The van der Waals surface area contributed by atoms with E-state index in [1.54, 1.807) is 0 Å². The van der Waals surface area contributed by atoms with E-state index >= 15 is 0 Å². The number of hydrogen-bond acceptors (Lipinski definition) is 7. The van der Waals surface area contributed by atoms with Gasteiger partial charge in [-0.15, -0.1) is 0 Å². The zero-order chi connectivity index (χ0) is 33.2. The Hall–Kier alpha value is -1.75. The normalized spacial score (nSPS) is 28.5. The molecule has 3 fully saturated rings. The maximum Gasteiger partial charge on any atom is 0.337 e. The molecule has 0 radical (unpaired) electrons. The molecule has 3 aliphatic heterocycles. The first-order chi connectivity index (χ1) is 19.1. The van der Waals surface area contributed by atoms with Crippen LogP contribution < -0.4 is 16.0 Å². The first kappa shape index (κ1) is 35.7. The molecule has 6 N–H and O–H groups in total. The molecule has 3 aliphatic rings. The second-order valence-corrected chi connectivity index (χ2v) is 17.9. The van der Waals surface area contributed by atoms with Crippen molar-refractivity contribution in [2.45, 2.75) is 173 Å². The zero-order valence-electron chi connectivity index (χ0n) is 28.7. The minimum absolute atomic E-state index is 0.356. The molecule has 43 heavy (non-hydrogen) atoms. The molecule has 0 aromatic heterocycles. The molecule has 3 heterocycles. The lowest BCUT2D eigenvalue weighted by molar-refractivity contribution is -0.249. The van der Waals surface area contributed by atoms with Crippen molar-refractivity contribution >= 4 is 17.9 Å². The number of aliphatic carboxylic acids is 3. The lowest BCUT2D eigenvalue weighted by Crippen LogP contribution is -2.74. The third-order valence-corrected chi connectivity index (χ3v) is 9.96. The van der Waals surface area contributed by atoms with Gasteiger partial charge in [0.15, 0.2) is 5.60 Å². The summed E-state index contributed by atoms with van der Waals surface area (Å²) in [6.45, 7) is 24.0. The van der Waals surface area contributed by atoms with Crippen LogP contribution in [0.2, 0.25) is 0 Å². The van der Waals surface area contributed by atoms with Crippen LogP contribution in [0, 0.1) is 17.3 Å². The molecule has 0 bridgehead atoms. The Morgan fingerprint density at radius 1 is 0.581 bits per heavy atom.